The third-order valence-corrected chi connectivity index (χ3v) is 2.27. The number of aromatic amines is 1. The largest absolute Gasteiger partial charge is 0.378 e. The van der Waals surface area contributed by atoms with Gasteiger partial charge < -0.3 is 10.3 Å². The third kappa shape index (κ3) is 2.47. The zero-order chi connectivity index (χ0) is 10.7. The van der Waals surface area contributed by atoms with E-state index in [2.05, 4.69) is 15.3 Å². The van der Waals surface area contributed by atoms with E-state index >= 15 is 0 Å². The molecule has 2 rings (SSSR count). The molecule has 0 saturated carbocycles. The quantitative estimate of drug-likeness (QED) is 0.843. The van der Waals surface area contributed by atoms with Crippen molar-refractivity contribution < 1.29 is 4.39 Å². The average molecular weight is 226 g/mol. The van der Waals surface area contributed by atoms with Crippen molar-refractivity contribution in [2.45, 2.75) is 6.54 Å². The second-order valence-electron chi connectivity index (χ2n) is 3.05. The third-order valence-electron chi connectivity index (χ3n) is 1.96. The summed E-state index contributed by atoms with van der Waals surface area (Å²) in [6.07, 6.45) is 3.31. The van der Waals surface area contributed by atoms with Crippen LogP contribution in [0.3, 0.4) is 0 Å². The van der Waals surface area contributed by atoms with Crippen molar-refractivity contribution >= 4 is 17.3 Å². The molecule has 0 aliphatic rings. The van der Waals surface area contributed by atoms with Crippen LogP contribution in [0.5, 0.6) is 0 Å². The number of hydrogen-bond donors (Lipinski definition) is 2. The number of nitrogens with zero attached hydrogens (tertiary/aromatic N) is 1. The standard InChI is InChI=1S/C10H9ClFN3/c11-9-3-7(12)1-2-10(9)14-5-8-4-13-6-15-8/h1-4,6,14H,5H2,(H,13,15). The first-order valence-electron chi connectivity index (χ1n) is 4.42. The zero-order valence-corrected chi connectivity index (χ0v) is 8.55. The molecule has 2 aromatic rings. The smallest absolute Gasteiger partial charge is 0.124 e. The topological polar surface area (TPSA) is 40.7 Å². The van der Waals surface area contributed by atoms with Crippen LogP contribution >= 0.6 is 11.6 Å². The van der Waals surface area contributed by atoms with Gasteiger partial charge in [0.15, 0.2) is 0 Å². The Labute approximate surface area is 91.3 Å². The van der Waals surface area contributed by atoms with Gasteiger partial charge in [-0.25, -0.2) is 9.37 Å². The summed E-state index contributed by atoms with van der Waals surface area (Å²) in [6.45, 7) is 0.575. The number of halogens is 2. The van der Waals surface area contributed by atoms with Crippen LogP contribution in [0.1, 0.15) is 5.69 Å². The summed E-state index contributed by atoms with van der Waals surface area (Å²) >= 11 is 5.84. The Morgan fingerprint density at radius 1 is 1.47 bits per heavy atom. The van der Waals surface area contributed by atoms with Gasteiger partial charge in [0.25, 0.3) is 0 Å². The van der Waals surface area contributed by atoms with E-state index in [1.54, 1.807) is 18.6 Å². The second-order valence-corrected chi connectivity index (χ2v) is 3.46. The van der Waals surface area contributed by atoms with Crippen molar-refractivity contribution in [2.75, 3.05) is 5.32 Å². The summed E-state index contributed by atoms with van der Waals surface area (Å²) in [5.74, 6) is -0.341. The van der Waals surface area contributed by atoms with Gasteiger partial charge in [-0.2, -0.15) is 0 Å². The maximum Gasteiger partial charge on any atom is 0.124 e. The lowest BCUT2D eigenvalue weighted by molar-refractivity contribution is 0.628. The van der Waals surface area contributed by atoms with Crippen LogP contribution < -0.4 is 5.32 Å². The van der Waals surface area contributed by atoms with Gasteiger partial charge in [0, 0.05) is 6.20 Å². The van der Waals surface area contributed by atoms with Gasteiger partial charge in [-0.05, 0) is 18.2 Å². The summed E-state index contributed by atoms with van der Waals surface area (Å²) in [7, 11) is 0. The molecule has 3 nitrogen and oxygen atoms in total. The van der Waals surface area contributed by atoms with Crippen LogP contribution in [0, 0.1) is 5.82 Å². The molecule has 0 atom stereocenters. The van der Waals surface area contributed by atoms with E-state index in [9.17, 15) is 4.39 Å². The highest BCUT2D eigenvalue weighted by atomic mass is 35.5. The highest BCUT2D eigenvalue weighted by molar-refractivity contribution is 6.33. The van der Waals surface area contributed by atoms with Crippen LogP contribution in [0.25, 0.3) is 0 Å². The number of nitrogens with one attached hydrogen (secondary N) is 2. The van der Waals surface area contributed by atoms with Gasteiger partial charge in [-0.1, -0.05) is 11.6 Å². The Hall–Kier alpha value is -1.55. The van der Waals surface area contributed by atoms with E-state index in [4.69, 9.17) is 11.6 Å². The predicted octanol–water partition coefficient (Wildman–Crippen LogP) is 2.81. The minimum Gasteiger partial charge on any atom is -0.378 e. The molecule has 15 heavy (non-hydrogen) atoms. The number of rotatable bonds is 3. The SMILES string of the molecule is Fc1ccc(NCc2cnc[nH]2)c(Cl)c1. The summed E-state index contributed by atoms with van der Waals surface area (Å²) in [5, 5.41) is 3.44. The molecule has 0 aliphatic carbocycles. The van der Waals surface area contributed by atoms with Crippen molar-refractivity contribution in [2.24, 2.45) is 0 Å². The zero-order valence-electron chi connectivity index (χ0n) is 7.80. The lowest BCUT2D eigenvalue weighted by atomic mass is 10.3. The first-order chi connectivity index (χ1) is 7.25. The van der Waals surface area contributed by atoms with Crippen LogP contribution in [0.2, 0.25) is 5.02 Å². The van der Waals surface area contributed by atoms with Gasteiger partial charge in [0.1, 0.15) is 5.82 Å². The fraction of sp³-hybridized carbons (Fsp3) is 0.100. The molecule has 1 aromatic carbocycles. The summed E-state index contributed by atoms with van der Waals surface area (Å²) in [6, 6.07) is 4.24. The van der Waals surface area contributed by atoms with Gasteiger partial charge in [-0.3, -0.25) is 0 Å². The van der Waals surface area contributed by atoms with Crippen molar-refractivity contribution in [3.63, 3.8) is 0 Å². The minimum atomic E-state index is -0.341. The first kappa shape index (κ1) is 9.98. The maximum atomic E-state index is 12.7. The van der Waals surface area contributed by atoms with E-state index < -0.39 is 0 Å². The molecule has 1 heterocycles. The molecule has 5 heteroatoms. The maximum absolute atomic E-state index is 12.7. The van der Waals surface area contributed by atoms with E-state index in [-0.39, 0.29) is 5.82 Å². The van der Waals surface area contributed by atoms with Gasteiger partial charge in [-0.15, -0.1) is 0 Å². The lowest BCUT2D eigenvalue weighted by Crippen LogP contribution is -2.00. The molecule has 1 aromatic heterocycles. The molecule has 0 amide bonds. The molecule has 0 spiro atoms. The Bertz CT molecular complexity index is 442. The van der Waals surface area contributed by atoms with Crippen LogP contribution in [0.4, 0.5) is 10.1 Å². The number of imidazole rings is 1. The van der Waals surface area contributed by atoms with E-state index in [1.807, 2.05) is 0 Å². The Morgan fingerprint density at radius 2 is 2.33 bits per heavy atom. The summed E-state index contributed by atoms with van der Waals surface area (Å²) < 4.78 is 12.7. The monoisotopic (exact) mass is 225 g/mol. The second kappa shape index (κ2) is 4.31. The van der Waals surface area contributed by atoms with Crippen molar-refractivity contribution in [1.29, 1.82) is 0 Å². The van der Waals surface area contributed by atoms with Crippen molar-refractivity contribution in [1.82, 2.24) is 9.97 Å². The molecular formula is C10H9ClFN3. The van der Waals surface area contributed by atoms with E-state index in [0.717, 1.165) is 5.69 Å². The van der Waals surface area contributed by atoms with Gasteiger partial charge in [0.2, 0.25) is 0 Å². The first-order valence-corrected chi connectivity index (χ1v) is 4.79. The molecule has 78 valence electrons. The molecule has 0 radical (unpaired) electrons. The molecule has 0 saturated heterocycles. The molecule has 0 unspecified atom stereocenters. The molecule has 0 bridgehead atoms. The van der Waals surface area contributed by atoms with Crippen LogP contribution in [-0.2, 0) is 6.54 Å². The summed E-state index contributed by atoms with van der Waals surface area (Å²) in [5.41, 5.74) is 1.64. The molecule has 2 N–H and O–H groups in total. The number of hydrogen-bond acceptors (Lipinski definition) is 2. The number of H-pyrrole nitrogens is 1. The van der Waals surface area contributed by atoms with Crippen molar-refractivity contribution in [3.05, 3.63) is 47.3 Å². The fourth-order valence-electron chi connectivity index (χ4n) is 1.20. The normalized spacial score (nSPS) is 10.3. The minimum absolute atomic E-state index is 0.341. The number of anilines is 1. The Balaban J connectivity index is 2.05. The summed E-state index contributed by atoms with van der Waals surface area (Å²) in [4.78, 5) is 6.83. The average Bonchev–Trinajstić information content (AvgIpc) is 2.69. The number of aromatic nitrogens is 2. The molecular weight excluding hydrogens is 217 g/mol. The number of benzene rings is 1. The van der Waals surface area contributed by atoms with Crippen LogP contribution in [-0.4, -0.2) is 9.97 Å². The predicted molar refractivity (Wildman–Crippen MR) is 57.3 cm³/mol. The van der Waals surface area contributed by atoms with E-state index in [0.29, 0.717) is 17.3 Å². The molecule has 0 aliphatic heterocycles. The molecule has 0 fully saturated rings. The van der Waals surface area contributed by atoms with Crippen LogP contribution in [0.15, 0.2) is 30.7 Å². The highest BCUT2D eigenvalue weighted by Gasteiger charge is 2.01. The Kier molecular flexibility index (Phi) is 2.87. The lowest BCUT2D eigenvalue weighted by Gasteiger charge is -2.06. The fourth-order valence-corrected chi connectivity index (χ4v) is 1.44. The van der Waals surface area contributed by atoms with Crippen molar-refractivity contribution in [3.8, 4) is 0 Å². The Morgan fingerprint density at radius 3 is 3.00 bits per heavy atom. The van der Waals surface area contributed by atoms with E-state index in [1.165, 1.54) is 12.1 Å². The van der Waals surface area contributed by atoms with Gasteiger partial charge >= 0.3 is 0 Å². The van der Waals surface area contributed by atoms with Gasteiger partial charge in [0.05, 0.1) is 29.3 Å². The highest BCUT2D eigenvalue weighted by Crippen LogP contribution is 2.22.